The number of nitriles is 1. The van der Waals surface area contributed by atoms with E-state index in [1.54, 1.807) is 18.5 Å². The summed E-state index contributed by atoms with van der Waals surface area (Å²) in [5.41, 5.74) is 0.776. The second-order valence-corrected chi connectivity index (χ2v) is 6.37. The molecule has 1 fully saturated rings. The number of halogens is 1. The average molecular weight is 340 g/mol. The minimum absolute atomic E-state index is 0.114. The summed E-state index contributed by atoms with van der Waals surface area (Å²) >= 11 is 0. The molecule has 25 heavy (non-hydrogen) atoms. The Hall–Kier alpha value is -2.88. The molecule has 1 aliphatic heterocycles. The van der Waals surface area contributed by atoms with Crippen LogP contribution in [-0.4, -0.2) is 50.2 Å². The normalized spacial score (nSPS) is 16.6. The van der Waals surface area contributed by atoms with Crippen LogP contribution in [0.5, 0.6) is 0 Å². The molecule has 3 rings (SSSR count). The highest BCUT2D eigenvalue weighted by molar-refractivity contribution is 5.61. The Morgan fingerprint density at radius 2 is 2.00 bits per heavy atom. The Morgan fingerprint density at radius 1 is 1.24 bits per heavy atom. The van der Waals surface area contributed by atoms with E-state index in [1.165, 1.54) is 6.07 Å². The Labute approximate surface area is 147 Å². The third kappa shape index (κ3) is 3.33. The zero-order valence-corrected chi connectivity index (χ0v) is 14.6. The molecule has 1 atom stereocenters. The van der Waals surface area contributed by atoms with Crippen molar-refractivity contribution in [2.75, 3.05) is 48.9 Å². The third-order valence-electron chi connectivity index (χ3n) is 4.61. The van der Waals surface area contributed by atoms with Gasteiger partial charge >= 0.3 is 0 Å². The van der Waals surface area contributed by atoms with Crippen molar-refractivity contribution in [3.8, 4) is 6.07 Å². The van der Waals surface area contributed by atoms with Gasteiger partial charge in [0.05, 0.1) is 5.69 Å². The maximum atomic E-state index is 13.9. The second-order valence-electron chi connectivity index (χ2n) is 6.37. The number of aromatic nitrogens is 2. The van der Waals surface area contributed by atoms with Crippen molar-refractivity contribution in [1.82, 2.24) is 9.97 Å². The molecule has 2 heterocycles. The first kappa shape index (κ1) is 17.0. The van der Waals surface area contributed by atoms with E-state index < -0.39 is 5.82 Å². The molecular weight excluding hydrogens is 319 g/mol. The van der Waals surface area contributed by atoms with Gasteiger partial charge < -0.3 is 14.7 Å². The molecule has 1 saturated heterocycles. The quantitative estimate of drug-likeness (QED) is 0.851. The first-order valence-corrected chi connectivity index (χ1v) is 8.17. The molecule has 7 heteroatoms. The molecule has 2 aromatic rings. The zero-order valence-electron chi connectivity index (χ0n) is 14.6. The van der Waals surface area contributed by atoms with Crippen LogP contribution in [-0.2, 0) is 0 Å². The van der Waals surface area contributed by atoms with E-state index >= 15 is 0 Å². The molecule has 0 N–H and O–H groups in total. The summed E-state index contributed by atoms with van der Waals surface area (Å²) in [4.78, 5) is 14.7. The van der Waals surface area contributed by atoms with Crippen LogP contribution >= 0.6 is 0 Å². The van der Waals surface area contributed by atoms with Gasteiger partial charge in [-0.3, -0.25) is 0 Å². The zero-order chi connectivity index (χ0) is 18.0. The fraction of sp³-hybridized carbons (Fsp3) is 0.389. The molecule has 0 radical (unpaired) electrons. The molecule has 6 nitrogen and oxygen atoms in total. The van der Waals surface area contributed by atoms with Crippen molar-refractivity contribution in [2.24, 2.45) is 0 Å². The van der Waals surface area contributed by atoms with Gasteiger partial charge in [0.25, 0.3) is 0 Å². The number of nitrogens with zero attached hydrogens (tertiary/aromatic N) is 6. The number of benzene rings is 1. The molecule has 0 spiro atoms. The number of hydrogen-bond donors (Lipinski definition) is 0. The van der Waals surface area contributed by atoms with Crippen LogP contribution in [0.4, 0.5) is 21.7 Å². The molecule has 1 unspecified atom stereocenters. The topological polar surface area (TPSA) is 59.3 Å². The van der Waals surface area contributed by atoms with Crippen LogP contribution in [0.25, 0.3) is 0 Å². The first-order chi connectivity index (χ1) is 12.0. The fourth-order valence-electron chi connectivity index (χ4n) is 3.13. The standard InChI is InChI=1S/C18H21FN6/c1-23(2)17-9-18(22-12-21-17)24(3)13-7-8-25(11-13)16-6-4-5-15(19)14(16)10-20/h4-6,9,12-13H,7-8,11H2,1-3H3. The summed E-state index contributed by atoms with van der Waals surface area (Å²) in [5, 5.41) is 9.25. The van der Waals surface area contributed by atoms with E-state index in [2.05, 4.69) is 19.8 Å². The minimum Gasteiger partial charge on any atom is -0.368 e. The monoisotopic (exact) mass is 340 g/mol. The van der Waals surface area contributed by atoms with E-state index in [-0.39, 0.29) is 11.6 Å². The third-order valence-corrected chi connectivity index (χ3v) is 4.61. The Kier molecular flexibility index (Phi) is 4.70. The van der Waals surface area contributed by atoms with Crippen molar-refractivity contribution >= 4 is 17.3 Å². The summed E-state index contributed by atoms with van der Waals surface area (Å²) in [6.07, 6.45) is 2.48. The van der Waals surface area contributed by atoms with Crippen LogP contribution < -0.4 is 14.7 Å². The first-order valence-electron chi connectivity index (χ1n) is 8.17. The van der Waals surface area contributed by atoms with Crippen LogP contribution in [0.15, 0.2) is 30.6 Å². The number of likely N-dealkylation sites (N-methyl/N-ethyl adjacent to an activating group) is 1. The van der Waals surface area contributed by atoms with Crippen LogP contribution in [0.1, 0.15) is 12.0 Å². The van der Waals surface area contributed by atoms with E-state index in [9.17, 15) is 9.65 Å². The highest BCUT2D eigenvalue weighted by atomic mass is 19.1. The fourth-order valence-corrected chi connectivity index (χ4v) is 3.13. The van der Waals surface area contributed by atoms with Crippen LogP contribution in [0.3, 0.4) is 0 Å². The largest absolute Gasteiger partial charge is 0.368 e. The smallest absolute Gasteiger partial charge is 0.143 e. The lowest BCUT2D eigenvalue weighted by molar-refractivity contribution is 0.623. The summed E-state index contributed by atoms with van der Waals surface area (Å²) in [5.74, 6) is 1.23. The summed E-state index contributed by atoms with van der Waals surface area (Å²) in [6.45, 7) is 1.49. The highest BCUT2D eigenvalue weighted by Crippen LogP contribution is 2.29. The van der Waals surface area contributed by atoms with Crippen molar-refractivity contribution < 1.29 is 4.39 Å². The van der Waals surface area contributed by atoms with Gasteiger partial charge in [-0.05, 0) is 18.6 Å². The van der Waals surface area contributed by atoms with Crippen LogP contribution in [0, 0.1) is 17.1 Å². The molecular formula is C18H21FN6. The molecule has 0 saturated carbocycles. The SMILES string of the molecule is CN(C)c1cc(N(C)C2CCN(c3cccc(F)c3C#N)C2)ncn1. The van der Waals surface area contributed by atoms with E-state index in [1.807, 2.05) is 38.2 Å². The van der Waals surface area contributed by atoms with E-state index in [0.717, 1.165) is 31.1 Å². The lowest BCUT2D eigenvalue weighted by Gasteiger charge is -2.27. The second kappa shape index (κ2) is 6.93. The Balaban J connectivity index is 1.78. The molecule has 1 aromatic carbocycles. The number of hydrogen-bond acceptors (Lipinski definition) is 6. The minimum atomic E-state index is -0.469. The van der Waals surface area contributed by atoms with Gasteiger partial charge in [0, 0.05) is 46.3 Å². The van der Waals surface area contributed by atoms with Gasteiger partial charge in [-0.1, -0.05) is 6.07 Å². The van der Waals surface area contributed by atoms with Crippen molar-refractivity contribution in [3.05, 3.63) is 42.0 Å². The molecule has 130 valence electrons. The predicted octanol–water partition coefficient (Wildman–Crippen LogP) is 2.27. The Bertz CT molecular complexity index is 800. The van der Waals surface area contributed by atoms with Crippen molar-refractivity contribution in [3.63, 3.8) is 0 Å². The van der Waals surface area contributed by atoms with Crippen molar-refractivity contribution in [2.45, 2.75) is 12.5 Å². The Morgan fingerprint density at radius 3 is 2.72 bits per heavy atom. The lowest BCUT2D eigenvalue weighted by atomic mass is 10.1. The van der Waals surface area contributed by atoms with Gasteiger partial charge in [0.1, 0.15) is 35.4 Å². The van der Waals surface area contributed by atoms with Crippen LogP contribution in [0.2, 0.25) is 0 Å². The van der Waals surface area contributed by atoms with E-state index in [0.29, 0.717) is 5.69 Å². The summed E-state index contributed by atoms with van der Waals surface area (Å²) < 4.78 is 13.9. The lowest BCUT2D eigenvalue weighted by Crippen LogP contribution is -2.35. The number of anilines is 3. The predicted molar refractivity (Wildman–Crippen MR) is 96.5 cm³/mol. The molecule has 0 amide bonds. The van der Waals surface area contributed by atoms with Gasteiger partial charge in [0.2, 0.25) is 0 Å². The molecule has 1 aromatic heterocycles. The maximum Gasteiger partial charge on any atom is 0.143 e. The van der Waals surface area contributed by atoms with Gasteiger partial charge in [-0.25, -0.2) is 14.4 Å². The number of rotatable bonds is 4. The average Bonchev–Trinajstić information content (AvgIpc) is 3.10. The molecule has 1 aliphatic rings. The highest BCUT2D eigenvalue weighted by Gasteiger charge is 2.28. The molecule has 0 aliphatic carbocycles. The summed E-state index contributed by atoms with van der Waals surface area (Å²) in [6, 6.07) is 8.94. The maximum absolute atomic E-state index is 13.9. The van der Waals surface area contributed by atoms with Crippen molar-refractivity contribution in [1.29, 1.82) is 5.26 Å². The van der Waals surface area contributed by atoms with E-state index in [4.69, 9.17) is 0 Å². The van der Waals surface area contributed by atoms with Gasteiger partial charge in [0.15, 0.2) is 0 Å². The van der Waals surface area contributed by atoms with Gasteiger partial charge in [-0.2, -0.15) is 5.26 Å². The molecule has 0 bridgehead atoms. The van der Waals surface area contributed by atoms with Gasteiger partial charge in [-0.15, -0.1) is 0 Å². The summed E-state index contributed by atoms with van der Waals surface area (Å²) in [7, 11) is 5.89.